The Hall–Kier alpha value is -1.56. The van der Waals surface area contributed by atoms with Crippen LogP contribution in [0.5, 0.6) is 0 Å². The third-order valence-corrected chi connectivity index (χ3v) is 5.63. The minimum atomic E-state index is 1.21. The molecular weight excluding hydrogens is 288 g/mol. The largest absolute Gasteiger partial charge is 0.0654 e. The van der Waals surface area contributed by atoms with Crippen LogP contribution < -0.4 is 0 Å². The third-order valence-electron chi connectivity index (χ3n) is 5.63. The van der Waals surface area contributed by atoms with Gasteiger partial charge in [0.15, 0.2) is 0 Å². The van der Waals surface area contributed by atoms with Crippen molar-refractivity contribution in [3.63, 3.8) is 0 Å². The third kappa shape index (κ3) is 3.91. The quantitative estimate of drug-likeness (QED) is 0.589. The summed E-state index contributed by atoms with van der Waals surface area (Å²) in [6.45, 7) is 4.58. The van der Waals surface area contributed by atoms with Crippen molar-refractivity contribution in [3.8, 4) is 0 Å². The first-order valence-corrected chi connectivity index (χ1v) is 10.0. The van der Waals surface area contributed by atoms with Crippen molar-refractivity contribution >= 4 is 0 Å². The number of aryl methyl sites for hydroxylation is 4. The monoisotopic (exact) mass is 320 g/mol. The van der Waals surface area contributed by atoms with Crippen LogP contribution in [-0.4, -0.2) is 0 Å². The summed E-state index contributed by atoms with van der Waals surface area (Å²) in [5.41, 5.74) is 9.77. The molecule has 0 heteroatoms. The summed E-state index contributed by atoms with van der Waals surface area (Å²) in [5.74, 6) is 0. The molecule has 0 nitrogen and oxygen atoms in total. The standard InChI is InChI=1S/C24H32/c1-3-5-9-19-11-7-13-21-16-18-24-20(10-6-4-2)12-8-14-22(24)15-17-23(19)21/h7-8,11-14H,3-6,9-10,15-18H2,1-2H3. The van der Waals surface area contributed by atoms with E-state index in [-0.39, 0.29) is 0 Å². The van der Waals surface area contributed by atoms with Gasteiger partial charge < -0.3 is 0 Å². The minimum Gasteiger partial charge on any atom is -0.0654 e. The Morgan fingerprint density at radius 2 is 1.08 bits per heavy atom. The Bertz CT molecular complexity index is 606. The van der Waals surface area contributed by atoms with Crippen LogP contribution in [0.4, 0.5) is 0 Å². The van der Waals surface area contributed by atoms with E-state index in [2.05, 4.69) is 50.2 Å². The van der Waals surface area contributed by atoms with Crippen LogP contribution in [0.25, 0.3) is 0 Å². The molecule has 0 spiro atoms. The van der Waals surface area contributed by atoms with Crippen molar-refractivity contribution in [2.45, 2.75) is 78.1 Å². The maximum absolute atomic E-state index is 2.38. The fourth-order valence-electron chi connectivity index (χ4n) is 4.21. The van der Waals surface area contributed by atoms with E-state index in [0.29, 0.717) is 0 Å². The highest BCUT2D eigenvalue weighted by molar-refractivity contribution is 5.42. The van der Waals surface area contributed by atoms with E-state index < -0.39 is 0 Å². The normalized spacial score (nSPS) is 13.8. The summed E-state index contributed by atoms with van der Waals surface area (Å²) >= 11 is 0. The second-order valence-electron chi connectivity index (χ2n) is 7.32. The van der Waals surface area contributed by atoms with E-state index in [9.17, 15) is 0 Å². The molecule has 0 fully saturated rings. The topological polar surface area (TPSA) is 0 Å². The summed E-state index contributed by atoms with van der Waals surface area (Å²) in [6.07, 6.45) is 12.6. The summed E-state index contributed by atoms with van der Waals surface area (Å²) < 4.78 is 0. The SMILES string of the molecule is CCCCc1cccc2c1CCc1cccc(CCCC)c1CC2. The van der Waals surface area contributed by atoms with Gasteiger partial charge in [-0.05, 0) is 84.7 Å². The summed E-state index contributed by atoms with van der Waals surface area (Å²) in [5, 5.41) is 0. The van der Waals surface area contributed by atoms with Crippen LogP contribution in [0.1, 0.15) is 72.9 Å². The van der Waals surface area contributed by atoms with Gasteiger partial charge in [-0.15, -0.1) is 0 Å². The Balaban J connectivity index is 1.86. The molecule has 24 heavy (non-hydrogen) atoms. The first-order chi connectivity index (χ1) is 11.8. The van der Waals surface area contributed by atoms with Gasteiger partial charge in [-0.3, -0.25) is 0 Å². The number of unbranched alkanes of at least 4 members (excludes halogenated alkanes) is 2. The van der Waals surface area contributed by atoms with E-state index in [4.69, 9.17) is 0 Å². The smallest absolute Gasteiger partial charge is 0.0233 e. The molecule has 3 rings (SSSR count). The zero-order valence-electron chi connectivity index (χ0n) is 15.5. The molecule has 1 aliphatic rings. The van der Waals surface area contributed by atoms with Gasteiger partial charge in [0.2, 0.25) is 0 Å². The maximum Gasteiger partial charge on any atom is -0.0233 e. The van der Waals surface area contributed by atoms with Crippen LogP contribution in [-0.2, 0) is 38.5 Å². The number of benzene rings is 2. The molecule has 0 saturated heterocycles. The van der Waals surface area contributed by atoms with Gasteiger partial charge >= 0.3 is 0 Å². The summed E-state index contributed by atoms with van der Waals surface area (Å²) in [4.78, 5) is 0. The molecule has 1 aliphatic carbocycles. The highest BCUT2D eigenvalue weighted by Gasteiger charge is 2.16. The summed E-state index contributed by atoms with van der Waals surface area (Å²) in [7, 11) is 0. The van der Waals surface area contributed by atoms with Crippen LogP contribution in [0.3, 0.4) is 0 Å². The maximum atomic E-state index is 2.38. The van der Waals surface area contributed by atoms with Gasteiger partial charge in [0.05, 0.1) is 0 Å². The van der Waals surface area contributed by atoms with Crippen molar-refractivity contribution in [1.82, 2.24) is 0 Å². The lowest BCUT2D eigenvalue weighted by Crippen LogP contribution is -2.11. The van der Waals surface area contributed by atoms with E-state index in [1.165, 1.54) is 64.2 Å². The second kappa shape index (κ2) is 8.51. The Kier molecular flexibility index (Phi) is 6.12. The molecule has 2 aromatic rings. The molecular formula is C24H32. The average Bonchev–Trinajstić information content (AvgIpc) is 2.60. The average molecular weight is 321 g/mol. The van der Waals surface area contributed by atoms with Gasteiger partial charge in [0, 0.05) is 0 Å². The van der Waals surface area contributed by atoms with Crippen molar-refractivity contribution in [2.75, 3.05) is 0 Å². The number of hydrogen-bond acceptors (Lipinski definition) is 0. The van der Waals surface area contributed by atoms with E-state index in [1.807, 2.05) is 0 Å². The van der Waals surface area contributed by atoms with Crippen LogP contribution in [0.2, 0.25) is 0 Å². The van der Waals surface area contributed by atoms with E-state index in [1.54, 1.807) is 33.4 Å². The van der Waals surface area contributed by atoms with Crippen LogP contribution >= 0.6 is 0 Å². The Morgan fingerprint density at radius 3 is 1.50 bits per heavy atom. The fraction of sp³-hybridized carbons (Fsp3) is 0.500. The van der Waals surface area contributed by atoms with Crippen LogP contribution in [0.15, 0.2) is 36.4 Å². The number of fused-ring (bicyclic) bond motifs is 2. The van der Waals surface area contributed by atoms with E-state index in [0.717, 1.165) is 0 Å². The van der Waals surface area contributed by atoms with Gasteiger partial charge in [0.1, 0.15) is 0 Å². The number of hydrogen-bond donors (Lipinski definition) is 0. The van der Waals surface area contributed by atoms with Crippen molar-refractivity contribution in [1.29, 1.82) is 0 Å². The Labute approximate surface area is 148 Å². The molecule has 128 valence electrons. The molecule has 0 amide bonds. The van der Waals surface area contributed by atoms with Crippen LogP contribution in [0, 0.1) is 0 Å². The molecule has 0 aliphatic heterocycles. The molecule has 0 saturated carbocycles. The summed E-state index contributed by atoms with van der Waals surface area (Å²) in [6, 6.07) is 14.1. The lowest BCUT2D eigenvalue weighted by Gasteiger charge is -2.22. The first-order valence-electron chi connectivity index (χ1n) is 10.0. The molecule has 0 heterocycles. The molecule has 0 aromatic heterocycles. The first kappa shape index (κ1) is 17.3. The van der Waals surface area contributed by atoms with Crippen molar-refractivity contribution < 1.29 is 0 Å². The molecule has 0 radical (unpaired) electrons. The molecule has 0 unspecified atom stereocenters. The fourth-order valence-corrected chi connectivity index (χ4v) is 4.21. The van der Waals surface area contributed by atoms with Crippen molar-refractivity contribution in [3.05, 3.63) is 69.8 Å². The Morgan fingerprint density at radius 1 is 0.625 bits per heavy atom. The van der Waals surface area contributed by atoms with E-state index >= 15 is 0 Å². The lowest BCUT2D eigenvalue weighted by atomic mass is 9.83. The van der Waals surface area contributed by atoms with Gasteiger partial charge in [-0.1, -0.05) is 63.1 Å². The van der Waals surface area contributed by atoms with Gasteiger partial charge in [-0.25, -0.2) is 0 Å². The van der Waals surface area contributed by atoms with Gasteiger partial charge in [-0.2, -0.15) is 0 Å². The van der Waals surface area contributed by atoms with Crippen molar-refractivity contribution in [2.24, 2.45) is 0 Å². The predicted octanol–water partition coefficient (Wildman–Crippen LogP) is 6.26. The highest BCUT2D eigenvalue weighted by atomic mass is 14.2. The molecule has 2 aromatic carbocycles. The minimum absolute atomic E-state index is 1.21. The predicted molar refractivity (Wildman–Crippen MR) is 105 cm³/mol. The molecule has 0 bridgehead atoms. The highest BCUT2D eigenvalue weighted by Crippen LogP contribution is 2.28. The molecule has 0 atom stereocenters. The molecule has 0 N–H and O–H groups in total. The second-order valence-corrected chi connectivity index (χ2v) is 7.32. The number of rotatable bonds is 6. The zero-order chi connectivity index (χ0) is 16.8. The van der Waals surface area contributed by atoms with Gasteiger partial charge in [0.25, 0.3) is 0 Å². The lowest BCUT2D eigenvalue weighted by molar-refractivity contribution is 0.754. The zero-order valence-corrected chi connectivity index (χ0v) is 15.5.